The van der Waals surface area contributed by atoms with Crippen molar-refractivity contribution < 1.29 is 19.8 Å². The lowest BCUT2D eigenvalue weighted by atomic mass is 10.0. The maximum atomic E-state index is 10.6. The molecule has 0 fully saturated rings. The van der Waals surface area contributed by atoms with E-state index in [4.69, 9.17) is 33.1 Å². The molecule has 0 aliphatic carbocycles. The number of nitrogens with two attached hydrogens (primary N) is 4. The topological polar surface area (TPSA) is 179 Å². The predicted molar refractivity (Wildman–Crippen MR) is 98.6 cm³/mol. The Labute approximate surface area is 145 Å². The third kappa shape index (κ3) is 4.31. The second-order valence-corrected chi connectivity index (χ2v) is 5.32. The molecule has 10 N–H and O–H groups in total. The van der Waals surface area contributed by atoms with Gasteiger partial charge in [-0.05, 0) is 36.6 Å². The zero-order chi connectivity index (χ0) is 19.3. The van der Waals surface area contributed by atoms with Crippen LogP contribution in [0.3, 0.4) is 0 Å². The first-order valence-electron chi connectivity index (χ1n) is 7.39. The molecular formula is C17H22N4O4. The number of hydrogen-bond donors (Lipinski definition) is 6. The van der Waals surface area contributed by atoms with E-state index in [-0.39, 0.29) is 22.5 Å². The average molecular weight is 346 g/mol. The van der Waals surface area contributed by atoms with Gasteiger partial charge in [0.15, 0.2) is 0 Å². The molecule has 8 heteroatoms. The van der Waals surface area contributed by atoms with Crippen molar-refractivity contribution in [1.82, 2.24) is 0 Å². The molecule has 0 unspecified atom stereocenters. The van der Waals surface area contributed by atoms with Gasteiger partial charge in [-0.15, -0.1) is 0 Å². The first-order chi connectivity index (χ1) is 11.6. The van der Waals surface area contributed by atoms with Crippen LogP contribution >= 0.6 is 0 Å². The quantitative estimate of drug-likeness (QED) is 0.456. The van der Waals surface area contributed by atoms with Crippen LogP contribution in [0.2, 0.25) is 0 Å². The summed E-state index contributed by atoms with van der Waals surface area (Å²) in [5.74, 6) is -2.11. The molecule has 134 valence electrons. The smallest absolute Gasteiger partial charge is 0.337 e. The van der Waals surface area contributed by atoms with E-state index in [1.165, 1.54) is 12.1 Å². The Morgan fingerprint density at radius 3 is 1.68 bits per heavy atom. The molecule has 0 saturated carbocycles. The number of nitrogen functional groups attached to an aromatic ring is 4. The van der Waals surface area contributed by atoms with Gasteiger partial charge in [0.25, 0.3) is 0 Å². The molecule has 2 aromatic carbocycles. The summed E-state index contributed by atoms with van der Waals surface area (Å²) in [5, 5.41) is 17.4. The zero-order valence-corrected chi connectivity index (χ0v) is 14.0. The van der Waals surface area contributed by atoms with Gasteiger partial charge < -0.3 is 33.1 Å². The molecule has 0 atom stereocenters. The van der Waals surface area contributed by atoms with E-state index in [0.717, 1.165) is 17.5 Å². The van der Waals surface area contributed by atoms with Crippen molar-refractivity contribution in [3.63, 3.8) is 0 Å². The van der Waals surface area contributed by atoms with Crippen LogP contribution in [0.5, 0.6) is 0 Å². The highest BCUT2D eigenvalue weighted by atomic mass is 16.4. The Balaban J connectivity index is 0.000000251. The lowest BCUT2D eigenvalue weighted by Gasteiger charge is -2.08. The first-order valence-corrected chi connectivity index (χ1v) is 7.39. The molecule has 8 nitrogen and oxygen atoms in total. The van der Waals surface area contributed by atoms with E-state index in [2.05, 4.69) is 0 Å². The van der Waals surface area contributed by atoms with Crippen LogP contribution in [0.25, 0.3) is 0 Å². The molecule has 0 saturated heterocycles. The standard InChI is InChI=1S/C9H12N2O2.C8H10N2O2/c1-2-5-3-4-6(9(12)13)8(11)7(5)10;1-4-2-3-5(8(11)12)7(10)6(4)9/h3-4H,2,10-11H2,1H3,(H,12,13);2-3H,9-10H2,1H3,(H,11,12). The minimum Gasteiger partial charge on any atom is -0.478 e. The second-order valence-electron chi connectivity index (χ2n) is 5.32. The summed E-state index contributed by atoms with van der Waals surface area (Å²) in [7, 11) is 0. The number of carboxylic acids is 2. The van der Waals surface area contributed by atoms with E-state index in [9.17, 15) is 9.59 Å². The molecule has 0 bridgehead atoms. The number of benzene rings is 2. The molecule has 2 rings (SSSR count). The van der Waals surface area contributed by atoms with Gasteiger partial charge in [0.2, 0.25) is 0 Å². The van der Waals surface area contributed by atoms with E-state index >= 15 is 0 Å². The van der Waals surface area contributed by atoms with E-state index in [1.807, 2.05) is 6.92 Å². The van der Waals surface area contributed by atoms with Crippen molar-refractivity contribution in [1.29, 1.82) is 0 Å². The predicted octanol–water partition coefficient (Wildman–Crippen LogP) is 1.97. The molecule has 2 aromatic rings. The Kier molecular flexibility index (Phi) is 6.21. The molecule has 0 aliphatic rings. The van der Waals surface area contributed by atoms with Gasteiger partial charge >= 0.3 is 11.9 Å². The van der Waals surface area contributed by atoms with E-state index < -0.39 is 11.9 Å². The second kappa shape index (κ2) is 7.91. The molecule has 0 heterocycles. The fourth-order valence-electron chi connectivity index (χ4n) is 2.11. The van der Waals surface area contributed by atoms with Gasteiger partial charge in [-0.2, -0.15) is 0 Å². The number of carboxylic acid groups (broad SMARTS) is 2. The summed E-state index contributed by atoms with van der Waals surface area (Å²) in [6.07, 6.45) is 0.746. The van der Waals surface area contributed by atoms with Crippen molar-refractivity contribution in [2.45, 2.75) is 20.3 Å². The SMILES string of the molecule is CCc1ccc(C(=O)O)c(N)c1N.Cc1ccc(C(=O)O)c(N)c1N. The van der Waals surface area contributed by atoms with Crippen LogP contribution in [0.15, 0.2) is 24.3 Å². The minimum absolute atomic E-state index is 0.0538. The largest absolute Gasteiger partial charge is 0.478 e. The van der Waals surface area contributed by atoms with Crippen molar-refractivity contribution in [2.24, 2.45) is 0 Å². The Bertz CT molecular complexity index is 819. The summed E-state index contributed by atoms with van der Waals surface area (Å²) in [4.78, 5) is 21.2. The van der Waals surface area contributed by atoms with Gasteiger partial charge in [0.1, 0.15) is 0 Å². The molecule has 0 aliphatic heterocycles. The number of anilines is 4. The van der Waals surface area contributed by atoms with Crippen LogP contribution < -0.4 is 22.9 Å². The molecule has 0 spiro atoms. The third-order valence-corrected chi connectivity index (χ3v) is 3.72. The van der Waals surface area contributed by atoms with Crippen LogP contribution in [-0.4, -0.2) is 22.2 Å². The number of hydrogen-bond acceptors (Lipinski definition) is 6. The zero-order valence-electron chi connectivity index (χ0n) is 14.0. The van der Waals surface area contributed by atoms with Crippen LogP contribution in [0.1, 0.15) is 38.8 Å². The van der Waals surface area contributed by atoms with Crippen LogP contribution in [-0.2, 0) is 6.42 Å². The van der Waals surface area contributed by atoms with Crippen molar-refractivity contribution in [3.8, 4) is 0 Å². The summed E-state index contributed by atoms with van der Waals surface area (Å²) in [6.45, 7) is 3.71. The van der Waals surface area contributed by atoms with Gasteiger partial charge in [0, 0.05) is 0 Å². The minimum atomic E-state index is -1.06. The number of rotatable bonds is 3. The molecule has 0 aromatic heterocycles. The highest BCUT2D eigenvalue weighted by Crippen LogP contribution is 2.25. The fraction of sp³-hybridized carbons (Fsp3) is 0.176. The van der Waals surface area contributed by atoms with E-state index in [0.29, 0.717) is 11.4 Å². The molecule has 0 radical (unpaired) electrons. The maximum absolute atomic E-state index is 10.6. The Morgan fingerprint density at radius 2 is 1.24 bits per heavy atom. The van der Waals surface area contributed by atoms with Crippen molar-refractivity contribution in [2.75, 3.05) is 22.9 Å². The van der Waals surface area contributed by atoms with Crippen molar-refractivity contribution >= 4 is 34.7 Å². The number of aromatic carboxylic acids is 2. The molecule has 0 amide bonds. The lowest BCUT2D eigenvalue weighted by Crippen LogP contribution is -2.07. The summed E-state index contributed by atoms with van der Waals surface area (Å²) < 4.78 is 0. The number of aryl methyl sites for hydroxylation is 2. The first kappa shape index (κ1) is 19.6. The van der Waals surface area contributed by atoms with Gasteiger partial charge in [0.05, 0.1) is 33.9 Å². The van der Waals surface area contributed by atoms with Gasteiger partial charge in [-0.25, -0.2) is 9.59 Å². The normalized spacial score (nSPS) is 9.84. The highest BCUT2D eigenvalue weighted by molar-refractivity contribution is 5.98. The Morgan fingerprint density at radius 1 is 0.800 bits per heavy atom. The summed E-state index contributed by atoms with van der Waals surface area (Å²) in [5.41, 5.74) is 25.0. The van der Waals surface area contributed by atoms with Crippen LogP contribution in [0.4, 0.5) is 22.7 Å². The summed E-state index contributed by atoms with van der Waals surface area (Å²) in [6, 6.07) is 6.25. The monoisotopic (exact) mass is 346 g/mol. The van der Waals surface area contributed by atoms with Crippen LogP contribution in [0, 0.1) is 6.92 Å². The van der Waals surface area contributed by atoms with Gasteiger partial charge in [-0.1, -0.05) is 19.1 Å². The maximum Gasteiger partial charge on any atom is 0.337 e. The molecular weight excluding hydrogens is 324 g/mol. The van der Waals surface area contributed by atoms with Gasteiger partial charge in [-0.3, -0.25) is 0 Å². The third-order valence-electron chi connectivity index (χ3n) is 3.72. The highest BCUT2D eigenvalue weighted by Gasteiger charge is 2.12. The van der Waals surface area contributed by atoms with E-state index in [1.54, 1.807) is 19.1 Å². The summed E-state index contributed by atoms with van der Waals surface area (Å²) >= 11 is 0. The van der Waals surface area contributed by atoms with Crippen molar-refractivity contribution in [3.05, 3.63) is 46.5 Å². The number of carbonyl (C=O) groups is 2. The lowest BCUT2D eigenvalue weighted by molar-refractivity contribution is 0.0687. The Hall–Kier alpha value is -3.42. The molecule has 25 heavy (non-hydrogen) atoms. The fourth-order valence-corrected chi connectivity index (χ4v) is 2.11. The average Bonchev–Trinajstić information content (AvgIpc) is 2.55.